The number of ether oxygens (including phenoxy) is 1. The highest BCUT2D eigenvalue weighted by Gasteiger charge is 2.29. The number of piperazine rings is 1. The number of likely N-dealkylation sites (tertiary alicyclic amines) is 1. The molecule has 2 atom stereocenters. The standard InChI is InChI=1S/C24H38N4O4/c1-6-32-24(31)22-18(4)23(25-19(22)5)20(29)14-26-7-9-27(10-8-26)15-21(30)28-12-16(2)11-17(3)13-28/h16-17,25H,6-15H2,1-5H3. The van der Waals surface area contributed by atoms with Crippen molar-refractivity contribution in [3.8, 4) is 0 Å². The fraction of sp³-hybridized carbons (Fsp3) is 0.708. The maximum Gasteiger partial charge on any atom is 0.340 e. The van der Waals surface area contributed by atoms with E-state index in [2.05, 4.69) is 28.6 Å². The average molecular weight is 447 g/mol. The molecule has 178 valence electrons. The van der Waals surface area contributed by atoms with Gasteiger partial charge in [0.2, 0.25) is 5.91 Å². The minimum absolute atomic E-state index is 0.0260. The highest BCUT2D eigenvalue weighted by atomic mass is 16.5. The van der Waals surface area contributed by atoms with E-state index in [9.17, 15) is 14.4 Å². The van der Waals surface area contributed by atoms with Crippen LogP contribution in [0.1, 0.15) is 59.3 Å². The number of nitrogens with one attached hydrogen (secondary N) is 1. The van der Waals surface area contributed by atoms with E-state index in [4.69, 9.17) is 4.74 Å². The van der Waals surface area contributed by atoms with Crippen LogP contribution in [0.25, 0.3) is 0 Å². The quantitative estimate of drug-likeness (QED) is 0.510. The predicted octanol–water partition coefficient (Wildman–Crippen LogP) is 2.11. The lowest BCUT2D eigenvalue weighted by atomic mass is 9.92. The molecule has 0 bridgehead atoms. The van der Waals surface area contributed by atoms with Crippen molar-refractivity contribution in [2.45, 2.75) is 41.0 Å². The summed E-state index contributed by atoms with van der Waals surface area (Å²) in [5.41, 5.74) is 2.26. The maximum atomic E-state index is 12.9. The van der Waals surface area contributed by atoms with Crippen LogP contribution in [0.3, 0.4) is 0 Å². The number of aryl methyl sites for hydroxylation is 1. The third kappa shape index (κ3) is 5.78. The van der Waals surface area contributed by atoms with Gasteiger partial charge in [0.1, 0.15) is 0 Å². The summed E-state index contributed by atoms with van der Waals surface area (Å²) < 4.78 is 5.11. The number of amides is 1. The van der Waals surface area contributed by atoms with E-state index in [1.54, 1.807) is 20.8 Å². The van der Waals surface area contributed by atoms with Crippen LogP contribution in [0.4, 0.5) is 0 Å². The Morgan fingerprint density at radius 3 is 2.09 bits per heavy atom. The van der Waals surface area contributed by atoms with Crippen molar-refractivity contribution in [3.05, 3.63) is 22.5 Å². The smallest absolute Gasteiger partial charge is 0.340 e. The lowest BCUT2D eigenvalue weighted by molar-refractivity contribution is -0.135. The Labute approximate surface area is 191 Å². The van der Waals surface area contributed by atoms with E-state index in [-0.39, 0.29) is 11.7 Å². The van der Waals surface area contributed by atoms with E-state index in [1.807, 2.05) is 4.90 Å². The maximum absolute atomic E-state index is 12.9. The molecule has 0 saturated carbocycles. The number of rotatable bonds is 7. The van der Waals surface area contributed by atoms with Crippen LogP contribution in [0.2, 0.25) is 0 Å². The van der Waals surface area contributed by atoms with Crippen LogP contribution >= 0.6 is 0 Å². The highest BCUT2D eigenvalue weighted by molar-refractivity contribution is 6.02. The summed E-state index contributed by atoms with van der Waals surface area (Å²) in [5.74, 6) is 0.928. The number of carbonyl (C=O) groups excluding carboxylic acids is 3. The van der Waals surface area contributed by atoms with Gasteiger partial charge in [-0.15, -0.1) is 0 Å². The Balaban J connectivity index is 1.50. The van der Waals surface area contributed by atoms with Crippen molar-refractivity contribution in [1.29, 1.82) is 0 Å². The highest BCUT2D eigenvalue weighted by Crippen LogP contribution is 2.22. The van der Waals surface area contributed by atoms with Gasteiger partial charge >= 0.3 is 5.97 Å². The van der Waals surface area contributed by atoms with Gasteiger partial charge in [0.05, 0.1) is 31.0 Å². The second-order valence-corrected chi connectivity index (χ2v) is 9.57. The summed E-state index contributed by atoms with van der Waals surface area (Å²) in [6.07, 6.45) is 1.19. The lowest BCUT2D eigenvalue weighted by Crippen LogP contribution is -2.52. The van der Waals surface area contributed by atoms with E-state index >= 15 is 0 Å². The third-order valence-corrected chi connectivity index (χ3v) is 6.61. The van der Waals surface area contributed by atoms with Crippen LogP contribution < -0.4 is 0 Å². The van der Waals surface area contributed by atoms with Crippen molar-refractivity contribution in [1.82, 2.24) is 19.7 Å². The van der Waals surface area contributed by atoms with Gasteiger partial charge in [-0.05, 0) is 44.6 Å². The molecule has 2 saturated heterocycles. The molecule has 1 aromatic heterocycles. The molecule has 2 aliphatic rings. The summed E-state index contributed by atoms with van der Waals surface area (Å²) in [6.45, 7) is 15.6. The molecular formula is C24H38N4O4. The minimum Gasteiger partial charge on any atom is -0.462 e. The van der Waals surface area contributed by atoms with Crippen molar-refractivity contribution < 1.29 is 19.1 Å². The van der Waals surface area contributed by atoms with Crippen LogP contribution in [0.15, 0.2) is 0 Å². The molecule has 1 amide bonds. The monoisotopic (exact) mass is 446 g/mol. The number of esters is 1. The molecule has 0 spiro atoms. The normalized spacial score (nSPS) is 22.7. The average Bonchev–Trinajstić information content (AvgIpc) is 3.03. The number of aromatic nitrogens is 1. The number of H-pyrrole nitrogens is 1. The van der Waals surface area contributed by atoms with E-state index in [0.29, 0.717) is 54.0 Å². The molecule has 3 heterocycles. The number of nitrogens with zero attached hydrogens (tertiary/aromatic N) is 3. The first-order chi connectivity index (χ1) is 15.2. The molecule has 0 aromatic carbocycles. The van der Waals surface area contributed by atoms with E-state index in [0.717, 1.165) is 39.3 Å². The number of Topliss-reactive ketones (excluding diaryl/α,β-unsaturated/α-hetero) is 1. The summed E-state index contributed by atoms with van der Waals surface area (Å²) >= 11 is 0. The topological polar surface area (TPSA) is 86.0 Å². The van der Waals surface area contributed by atoms with Crippen LogP contribution in [-0.4, -0.2) is 96.3 Å². The van der Waals surface area contributed by atoms with Gasteiger partial charge < -0.3 is 14.6 Å². The predicted molar refractivity (Wildman–Crippen MR) is 123 cm³/mol. The number of hydrogen-bond acceptors (Lipinski definition) is 6. The van der Waals surface area contributed by atoms with Gasteiger partial charge in [0, 0.05) is 45.0 Å². The Bertz CT molecular complexity index is 831. The largest absolute Gasteiger partial charge is 0.462 e. The Morgan fingerprint density at radius 2 is 1.53 bits per heavy atom. The van der Waals surface area contributed by atoms with Crippen LogP contribution in [0, 0.1) is 25.7 Å². The Kier molecular flexibility index (Phi) is 8.11. The van der Waals surface area contributed by atoms with Crippen molar-refractivity contribution in [3.63, 3.8) is 0 Å². The lowest BCUT2D eigenvalue weighted by Gasteiger charge is -2.38. The van der Waals surface area contributed by atoms with Crippen LogP contribution in [0.5, 0.6) is 0 Å². The van der Waals surface area contributed by atoms with Crippen molar-refractivity contribution in [2.24, 2.45) is 11.8 Å². The zero-order valence-corrected chi connectivity index (χ0v) is 20.2. The number of aromatic amines is 1. The molecule has 1 N–H and O–H groups in total. The SMILES string of the molecule is CCOC(=O)c1c(C)[nH]c(C(=O)CN2CCN(CC(=O)N3CC(C)CC(C)C3)CC2)c1C. The second kappa shape index (κ2) is 10.6. The molecule has 8 nitrogen and oxygen atoms in total. The summed E-state index contributed by atoms with van der Waals surface area (Å²) in [4.78, 5) is 47.3. The number of ketones is 1. The summed E-state index contributed by atoms with van der Waals surface area (Å²) in [5, 5.41) is 0. The summed E-state index contributed by atoms with van der Waals surface area (Å²) in [6, 6.07) is 0. The zero-order chi connectivity index (χ0) is 23.4. The van der Waals surface area contributed by atoms with Crippen molar-refractivity contribution >= 4 is 17.7 Å². The third-order valence-electron chi connectivity index (χ3n) is 6.61. The summed E-state index contributed by atoms with van der Waals surface area (Å²) in [7, 11) is 0. The molecule has 2 fully saturated rings. The Morgan fingerprint density at radius 1 is 0.969 bits per heavy atom. The number of piperidine rings is 1. The van der Waals surface area contributed by atoms with Gasteiger partial charge in [0.15, 0.2) is 5.78 Å². The minimum atomic E-state index is -0.395. The molecule has 2 unspecified atom stereocenters. The first-order valence-electron chi connectivity index (χ1n) is 11.8. The van der Waals surface area contributed by atoms with Gasteiger partial charge in [-0.1, -0.05) is 13.8 Å². The van der Waals surface area contributed by atoms with Crippen molar-refractivity contribution in [2.75, 3.05) is 59.0 Å². The first-order valence-corrected chi connectivity index (χ1v) is 11.8. The van der Waals surface area contributed by atoms with E-state index in [1.165, 1.54) is 6.42 Å². The number of carbonyl (C=O) groups is 3. The van der Waals surface area contributed by atoms with E-state index < -0.39 is 5.97 Å². The molecule has 2 aliphatic heterocycles. The zero-order valence-electron chi connectivity index (χ0n) is 20.2. The molecule has 1 aromatic rings. The fourth-order valence-electron chi connectivity index (χ4n) is 5.08. The molecule has 8 heteroatoms. The molecule has 0 aliphatic carbocycles. The van der Waals surface area contributed by atoms with Gasteiger partial charge in [-0.2, -0.15) is 0 Å². The molecular weight excluding hydrogens is 408 g/mol. The molecule has 0 radical (unpaired) electrons. The second-order valence-electron chi connectivity index (χ2n) is 9.57. The first kappa shape index (κ1) is 24.5. The molecule has 32 heavy (non-hydrogen) atoms. The fourth-order valence-corrected chi connectivity index (χ4v) is 5.08. The number of hydrogen-bond donors (Lipinski definition) is 1. The Hall–Kier alpha value is -2.19. The molecule has 3 rings (SSSR count). The van der Waals surface area contributed by atoms with Crippen LogP contribution in [-0.2, 0) is 9.53 Å². The van der Waals surface area contributed by atoms with Gasteiger partial charge in [-0.3, -0.25) is 19.4 Å². The van der Waals surface area contributed by atoms with Gasteiger partial charge in [-0.25, -0.2) is 4.79 Å². The van der Waals surface area contributed by atoms with Gasteiger partial charge in [0.25, 0.3) is 0 Å².